The first-order chi connectivity index (χ1) is 8.11. The van der Waals surface area contributed by atoms with Gasteiger partial charge in [-0.2, -0.15) is 0 Å². The van der Waals surface area contributed by atoms with E-state index in [0.717, 1.165) is 5.56 Å². The van der Waals surface area contributed by atoms with E-state index in [1.54, 1.807) is 6.08 Å². The minimum Gasteiger partial charge on any atom is -0.426 e. The molecule has 0 spiro atoms. The highest BCUT2D eigenvalue weighted by Crippen LogP contribution is 2.19. The van der Waals surface area contributed by atoms with Crippen LogP contribution < -0.4 is 0 Å². The Morgan fingerprint density at radius 1 is 1.35 bits per heavy atom. The van der Waals surface area contributed by atoms with Gasteiger partial charge in [-0.1, -0.05) is 29.8 Å². The summed E-state index contributed by atoms with van der Waals surface area (Å²) in [6.45, 7) is 4.41. The molecule has 0 aromatic heterocycles. The fourth-order valence-electron chi connectivity index (χ4n) is 1.59. The summed E-state index contributed by atoms with van der Waals surface area (Å²) in [6.07, 6.45) is 1.71. The third-order valence-electron chi connectivity index (χ3n) is 2.56. The molecule has 0 N–H and O–H groups in total. The number of carbonyl (C=O) groups is 1. The van der Waals surface area contributed by atoms with Gasteiger partial charge < -0.3 is 4.74 Å². The van der Waals surface area contributed by atoms with E-state index in [2.05, 4.69) is 0 Å². The second-order valence-electron chi connectivity index (χ2n) is 3.84. The van der Waals surface area contributed by atoms with E-state index in [1.165, 1.54) is 10.5 Å². The second kappa shape index (κ2) is 4.67. The van der Waals surface area contributed by atoms with Crippen LogP contribution in [0.15, 0.2) is 30.0 Å². The summed E-state index contributed by atoms with van der Waals surface area (Å²) in [4.78, 5) is 13.3. The average molecular weight is 247 g/mol. The summed E-state index contributed by atoms with van der Waals surface area (Å²) in [5.41, 5.74) is 2.11. The number of rotatable bonds is 2. The molecule has 3 nitrogen and oxygen atoms in total. The highest BCUT2D eigenvalue weighted by molar-refractivity contribution is 7.80. The maximum Gasteiger partial charge on any atom is 0.297 e. The maximum absolute atomic E-state index is 11.9. The summed E-state index contributed by atoms with van der Waals surface area (Å²) in [5.74, 6) is 0.124. The van der Waals surface area contributed by atoms with Gasteiger partial charge in [0.1, 0.15) is 0 Å². The molecular formula is C13H13NO2S. The van der Waals surface area contributed by atoms with Crippen LogP contribution >= 0.6 is 12.2 Å². The van der Waals surface area contributed by atoms with Gasteiger partial charge in [0.15, 0.2) is 5.76 Å². The van der Waals surface area contributed by atoms with Gasteiger partial charge in [-0.05, 0) is 37.7 Å². The summed E-state index contributed by atoms with van der Waals surface area (Å²) in [6, 6.07) is 7.86. The summed E-state index contributed by atoms with van der Waals surface area (Å²) < 4.78 is 5.28. The number of amides is 1. The predicted octanol–water partition coefficient (Wildman–Crippen LogP) is 2.50. The molecule has 1 fully saturated rings. The lowest BCUT2D eigenvalue weighted by molar-refractivity contribution is -0.122. The van der Waals surface area contributed by atoms with Gasteiger partial charge in [-0.25, -0.2) is 0 Å². The van der Waals surface area contributed by atoms with Gasteiger partial charge in [-0.3, -0.25) is 9.69 Å². The Morgan fingerprint density at radius 3 is 2.53 bits per heavy atom. The molecule has 1 aliphatic heterocycles. The van der Waals surface area contributed by atoms with Gasteiger partial charge in [0, 0.05) is 6.54 Å². The lowest BCUT2D eigenvalue weighted by Gasteiger charge is -2.06. The molecule has 17 heavy (non-hydrogen) atoms. The zero-order valence-electron chi connectivity index (χ0n) is 9.77. The Labute approximate surface area is 106 Å². The molecule has 1 amide bonds. The van der Waals surface area contributed by atoms with Crippen molar-refractivity contribution in [2.75, 3.05) is 6.54 Å². The third kappa shape index (κ3) is 2.36. The van der Waals surface area contributed by atoms with Crippen molar-refractivity contribution in [2.45, 2.75) is 13.8 Å². The lowest BCUT2D eigenvalue weighted by atomic mass is 10.1. The van der Waals surface area contributed by atoms with Crippen molar-refractivity contribution < 1.29 is 9.53 Å². The Morgan fingerprint density at radius 2 is 2.00 bits per heavy atom. The van der Waals surface area contributed by atoms with Crippen molar-refractivity contribution in [1.29, 1.82) is 0 Å². The van der Waals surface area contributed by atoms with Gasteiger partial charge in [-0.15, -0.1) is 0 Å². The Bertz CT molecular complexity index is 491. The molecule has 0 aliphatic carbocycles. The first-order valence-corrected chi connectivity index (χ1v) is 5.84. The molecule has 0 unspecified atom stereocenters. The molecular weight excluding hydrogens is 234 g/mol. The van der Waals surface area contributed by atoms with Gasteiger partial charge in [0.25, 0.3) is 11.1 Å². The molecule has 88 valence electrons. The van der Waals surface area contributed by atoms with Crippen molar-refractivity contribution in [3.63, 3.8) is 0 Å². The SMILES string of the molecule is CCN1C(=O)/C(=C\c2ccc(C)cc2)OC1=S. The van der Waals surface area contributed by atoms with E-state index in [4.69, 9.17) is 17.0 Å². The fourth-order valence-corrected chi connectivity index (χ4v) is 1.89. The third-order valence-corrected chi connectivity index (χ3v) is 2.87. The molecule has 4 heteroatoms. The monoisotopic (exact) mass is 247 g/mol. The summed E-state index contributed by atoms with van der Waals surface area (Å²) in [7, 11) is 0. The smallest absolute Gasteiger partial charge is 0.297 e. The first kappa shape index (κ1) is 11.8. The van der Waals surface area contributed by atoms with Crippen LogP contribution in [0.4, 0.5) is 0 Å². The minimum atomic E-state index is -0.168. The van der Waals surface area contributed by atoms with E-state index in [1.807, 2.05) is 38.1 Å². The highest BCUT2D eigenvalue weighted by Gasteiger charge is 2.31. The normalized spacial score (nSPS) is 17.8. The molecule has 0 atom stereocenters. The minimum absolute atomic E-state index is 0.168. The van der Waals surface area contributed by atoms with Gasteiger partial charge >= 0.3 is 0 Å². The second-order valence-corrected chi connectivity index (χ2v) is 4.19. The van der Waals surface area contributed by atoms with E-state index in [9.17, 15) is 4.79 Å². The lowest BCUT2D eigenvalue weighted by Crippen LogP contribution is -2.27. The van der Waals surface area contributed by atoms with E-state index >= 15 is 0 Å². The van der Waals surface area contributed by atoms with E-state index < -0.39 is 0 Å². The number of carbonyl (C=O) groups excluding carboxylic acids is 1. The standard InChI is InChI=1S/C13H13NO2S/c1-3-14-12(15)11(16-13(14)17)8-10-6-4-9(2)5-7-10/h4-8H,3H2,1-2H3/b11-8+. The molecule has 0 radical (unpaired) electrons. The summed E-state index contributed by atoms with van der Waals surface area (Å²) >= 11 is 4.97. The largest absolute Gasteiger partial charge is 0.426 e. The number of ether oxygens (including phenoxy) is 1. The number of hydrogen-bond donors (Lipinski definition) is 0. The number of aryl methyl sites for hydroxylation is 1. The van der Waals surface area contributed by atoms with Crippen LogP contribution in [-0.4, -0.2) is 22.5 Å². The number of thiocarbonyl (C=S) groups is 1. The Hall–Kier alpha value is -1.68. The molecule has 1 saturated heterocycles. The quantitative estimate of drug-likeness (QED) is 0.594. The van der Waals surface area contributed by atoms with E-state index in [-0.39, 0.29) is 11.1 Å². The summed E-state index contributed by atoms with van der Waals surface area (Å²) in [5, 5.41) is 0.232. The van der Waals surface area contributed by atoms with Crippen LogP contribution in [0.25, 0.3) is 6.08 Å². The number of hydrogen-bond acceptors (Lipinski definition) is 3. The number of nitrogens with zero attached hydrogens (tertiary/aromatic N) is 1. The predicted molar refractivity (Wildman–Crippen MR) is 70.2 cm³/mol. The first-order valence-electron chi connectivity index (χ1n) is 5.44. The van der Waals surface area contributed by atoms with Crippen molar-refractivity contribution >= 4 is 29.4 Å². The molecule has 1 aromatic carbocycles. The van der Waals surface area contributed by atoms with Crippen LogP contribution in [0.2, 0.25) is 0 Å². The Kier molecular flexibility index (Phi) is 3.24. The molecule has 2 rings (SSSR count). The Balaban J connectivity index is 2.27. The van der Waals surface area contributed by atoms with Crippen molar-refractivity contribution in [3.05, 3.63) is 41.2 Å². The highest BCUT2D eigenvalue weighted by atomic mass is 32.1. The van der Waals surface area contributed by atoms with Gasteiger partial charge in [0.2, 0.25) is 0 Å². The molecule has 0 bridgehead atoms. The van der Waals surface area contributed by atoms with Crippen LogP contribution in [0, 0.1) is 6.92 Å². The molecule has 1 aliphatic rings. The molecule has 0 saturated carbocycles. The average Bonchev–Trinajstić information content (AvgIpc) is 2.57. The van der Waals surface area contributed by atoms with Crippen molar-refractivity contribution in [1.82, 2.24) is 4.90 Å². The van der Waals surface area contributed by atoms with Crippen LogP contribution in [-0.2, 0) is 9.53 Å². The van der Waals surface area contributed by atoms with Crippen LogP contribution in [0.1, 0.15) is 18.1 Å². The number of benzene rings is 1. The fraction of sp³-hybridized carbons (Fsp3) is 0.231. The van der Waals surface area contributed by atoms with Crippen molar-refractivity contribution in [2.24, 2.45) is 0 Å². The van der Waals surface area contributed by atoms with E-state index in [0.29, 0.717) is 12.3 Å². The zero-order chi connectivity index (χ0) is 12.4. The van der Waals surface area contributed by atoms with Crippen LogP contribution in [0.5, 0.6) is 0 Å². The molecule has 1 aromatic rings. The topological polar surface area (TPSA) is 29.5 Å². The maximum atomic E-state index is 11.9. The zero-order valence-corrected chi connectivity index (χ0v) is 10.6. The van der Waals surface area contributed by atoms with Crippen LogP contribution in [0.3, 0.4) is 0 Å². The number of likely N-dealkylation sites (N-methyl/N-ethyl adjacent to an activating group) is 1. The van der Waals surface area contributed by atoms with Gasteiger partial charge in [0.05, 0.1) is 0 Å². The van der Waals surface area contributed by atoms with Crippen molar-refractivity contribution in [3.8, 4) is 0 Å². The molecule has 1 heterocycles.